The number of rotatable bonds is 5. The number of nitrogens with one attached hydrogen (secondary N) is 1. The fraction of sp³-hybridized carbons (Fsp3) is 1.00. The molecule has 1 spiro atoms. The third kappa shape index (κ3) is 2.76. The molecule has 0 amide bonds. The molecule has 0 bridgehead atoms. The number of nitrogens with zero attached hydrogens (tertiary/aromatic N) is 1. The highest BCUT2D eigenvalue weighted by atomic mass is 16.5. The molecule has 3 heteroatoms. The predicted molar refractivity (Wildman–Crippen MR) is 66.8 cm³/mol. The Bertz CT molecular complexity index is 202. The van der Waals surface area contributed by atoms with Gasteiger partial charge in [-0.25, -0.2) is 0 Å². The first-order valence-electron chi connectivity index (χ1n) is 6.91. The van der Waals surface area contributed by atoms with Crippen LogP contribution in [0.4, 0.5) is 0 Å². The van der Waals surface area contributed by atoms with E-state index in [0.717, 1.165) is 19.8 Å². The average Bonchev–Trinajstić information content (AvgIpc) is 2.76. The van der Waals surface area contributed by atoms with Crippen molar-refractivity contribution >= 4 is 0 Å². The summed E-state index contributed by atoms with van der Waals surface area (Å²) >= 11 is 0. The Kier molecular flexibility index (Phi) is 4.62. The van der Waals surface area contributed by atoms with Gasteiger partial charge in [-0.15, -0.1) is 0 Å². The summed E-state index contributed by atoms with van der Waals surface area (Å²) in [4.78, 5) is 2.73. The molecule has 0 aromatic rings. The Morgan fingerprint density at radius 3 is 2.88 bits per heavy atom. The first kappa shape index (κ1) is 12.3. The van der Waals surface area contributed by atoms with Gasteiger partial charge in [0, 0.05) is 44.9 Å². The van der Waals surface area contributed by atoms with E-state index in [-0.39, 0.29) is 0 Å². The molecule has 3 nitrogen and oxygen atoms in total. The summed E-state index contributed by atoms with van der Waals surface area (Å²) in [5.41, 5.74) is 0.504. The molecule has 1 saturated carbocycles. The molecule has 0 unspecified atom stereocenters. The molecule has 0 aromatic carbocycles. The molecule has 1 heterocycles. The predicted octanol–water partition coefficient (Wildman–Crippen LogP) is 1.63. The van der Waals surface area contributed by atoms with Crippen LogP contribution < -0.4 is 5.32 Å². The highest BCUT2D eigenvalue weighted by molar-refractivity contribution is 4.99. The Morgan fingerprint density at radius 1 is 1.31 bits per heavy atom. The Hall–Kier alpha value is -0.120. The molecule has 1 N–H and O–H groups in total. The molecule has 94 valence electrons. The first-order chi connectivity index (χ1) is 7.87. The van der Waals surface area contributed by atoms with E-state index in [1.165, 1.54) is 51.7 Å². The summed E-state index contributed by atoms with van der Waals surface area (Å²) in [6.07, 6.45) is 6.83. The van der Waals surface area contributed by atoms with Crippen molar-refractivity contribution < 1.29 is 4.74 Å². The van der Waals surface area contributed by atoms with Crippen molar-refractivity contribution in [2.45, 2.75) is 44.6 Å². The third-order valence-corrected chi connectivity index (χ3v) is 4.14. The van der Waals surface area contributed by atoms with Crippen LogP contribution in [0, 0.1) is 0 Å². The van der Waals surface area contributed by atoms with E-state index in [2.05, 4.69) is 17.1 Å². The van der Waals surface area contributed by atoms with Gasteiger partial charge in [-0.2, -0.15) is 0 Å². The molecular weight excluding hydrogens is 200 g/mol. The van der Waals surface area contributed by atoms with Crippen LogP contribution in [-0.4, -0.2) is 49.8 Å². The highest BCUT2D eigenvalue weighted by Crippen LogP contribution is 2.35. The fourth-order valence-electron chi connectivity index (χ4n) is 3.26. The molecular formula is C13H26N2O. The van der Waals surface area contributed by atoms with Gasteiger partial charge in [0.2, 0.25) is 0 Å². The maximum atomic E-state index is 5.43. The van der Waals surface area contributed by atoms with Crippen LogP contribution in [-0.2, 0) is 4.74 Å². The minimum Gasteiger partial charge on any atom is -0.382 e. The largest absolute Gasteiger partial charge is 0.382 e. The molecule has 1 aliphatic carbocycles. The van der Waals surface area contributed by atoms with E-state index in [1.807, 2.05) is 0 Å². The zero-order valence-electron chi connectivity index (χ0n) is 10.6. The maximum absolute atomic E-state index is 5.43. The lowest BCUT2D eigenvalue weighted by atomic mass is 9.92. The quantitative estimate of drug-likeness (QED) is 0.721. The van der Waals surface area contributed by atoms with E-state index in [0.29, 0.717) is 5.54 Å². The normalized spacial score (nSPS) is 25.3. The minimum atomic E-state index is 0.504. The lowest BCUT2D eigenvalue weighted by Gasteiger charge is -2.45. The van der Waals surface area contributed by atoms with Gasteiger partial charge < -0.3 is 10.1 Å². The van der Waals surface area contributed by atoms with Gasteiger partial charge in [-0.05, 0) is 26.2 Å². The Labute approximate surface area is 99.5 Å². The van der Waals surface area contributed by atoms with Crippen molar-refractivity contribution in [2.75, 3.05) is 39.4 Å². The number of piperazine rings is 1. The molecule has 0 radical (unpaired) electrons. The average molecular weight is 226 g/mol. The number of ether oxygens (including phenoxy) is 1. The summed E-state index contributed by atoms with van der Waals surface area (Å²) in [5, 5.41) is 3.58. The van der Waals surface area contributed by atoms with Crippen molar-refractivity contribution in [3.63, 3.8) is 0 Å². The minimum absolute atomic E-state index is 0.504. The second kappa shape index (κ2) is 5.99. The molecule has 1 saturated heterocycles. The van der Waals surface area contributed by atoms with Gasteiger partial charge in [0.05, 0.1) is 0 Å². The summed E-state index contributed by atoms with van der Waals surface area (Å²) in [7, 11) is 0. The third-order valence-electron chi connectivity index (χ3n) is 4.14. The molecule has 2 aliphatic rings. The van der Waals surface area contributed by atoms with Crippen LogP contribution in [0.15, 0.2) is 0 Å². The number of hydrogen-bond donors (Lipinski definition) is 1. The lowest BCUT2D eigenvalue weighted by molar-refractivity contribution is 0.0510. The standard InChI is InChI=1S/C13H26N2O/c1-2-16-11-5-9-15-10-8-14-12-13(15)6-3-4-7-13/h14H,2-12H2,1H3. The van der Waals surface area contributed by atoms with Crippen molar-refractivity contribution in [1.82, 2.24) is 10.2 Å². The Morgan fingerprint density at radius 2 is 2.12 bits per heavy atom. The zero-order chi connectivity index (χ0) is 11.3. The second-order valence-corrected chi connectivity index (χ2v) is 5.15. The maximum Gasteiger partial charge on any atom is 0.0478 e. The highest BCUT2D eigenvalue weighted by Gasteiger charge is 2.40. The second-order valence-electron chi connectivity index (χ2n) is 5.15. The van der Waals surface area contributed by atoms with E-state index in [4.69, 9.17) is 4.74 Å². The van der Waals surface area contributed by atoms with Crippen molar-refractivity contribution in [1.29, 1.82) is 0 Å². The molecule has 2 rings (SSSR count). The van der Waals surface area contributed by atoms with Crippen LogP contribution in [0.25, 0.3) is 0 Å². The Balaban J connectivity index is 1.80. The van der Waals surface area contributed by atoms with Gasteiger partial charge in [-0.1, -0.05) is 12.8 Å². The summed E-state index contributed by atoms with van der Waals surface area (Å²) in [6, 6.07) is 0. The SMILES string of the molecule is CCOCCCN1CCNCC12CCCC2. The molecule has 16 heavy (non-hydrogen) atoms. The monoisotopic (exact) mass is 226 g/mol. The van der Waals surface area contributed by atoms with Gasteiger partial charge in [0.1, 0.15) is 0 Å². The van der Waals surface area contributed by atoms with Gasteiger partial charge >= 0.3 is 0 Å². The van der Waals surface area contributed by atoms with Crippen molar-refractivity contribution in [3.05, 3.63) is 0 Å². The zero-order valence-corrected chi connectivity index (χ0v) is 10.6. The summed E-state index contributed by atoms with van der Waals surface area (Å²) in [6.45, 7) is 8.68. The van der Waals surface area contributed by atoms with Crippen LogP contribution >= 0.6 is 0 Å². The van der Waals surface area contributed by atoms with E-state index in [1.54, 1.807) is 0 Å². The summed E-state index contributed by atoms with van der Waals surface area (Å²) < 4.78 is 5.43. The van der Waals surface area contributed by atoms with E-state index in [9.17, 15) is 0 Å². The van der Waals surface area contributed by atoms with Crippen LogP contribution in [0.5, 0.6) is 0 Å². The fourth-order valence-corrected chi connectivity index (χ4v) is 3.26. The van der Waals surface area contributed by atoms with E-state index < -0.39 is 0 Å². The number of hydrogen-bond acceptors (Lipinski definition) is 3. The topological polar surface area (TPSA) is 24.5 Å². The van der Waals surface area contributed by atoms with Gasteiger partial charge in [-0.3, -0.25) is 4.90 Å². The van der Waals surface area contributed by atoms with Crippen LogP contribution in [0.2, 0.25) is 0 Å². The van der Waals surface area contributed by atoms with Crippen molar-refractivity contribution in [2.24, 2.45) is 0 Å². The lowest BCUT2D eigenvalue weighted by Crippen LogP contribution is -2.60. The smallest absolute Gasteiger partial charge is 0.0478 e. The molecule has 0 atom stereocenters. The van der Waals surface area contributed by atoms with E-state index >= 15 is 0 Å². The van der Waals surface area contributed by atoms with Gasteiger partial charge in [0.25, 0.3) is 0 Å². The first-order valence-corrected chi connectivity index (χ1v) is 6.91. The summed E-state index contributed by atoms with van der Waals surface area (Å²) in [5.74, 6) is 0. The van der Waals surface area contributed by atoms with Gasteiger partial charge in [0.15, 0.2) is 0 Å². The van der Waals surface area contributed by atoms with Crippen molar-refractivity contribution in [3.8, 4) is 0 Å². The van der Waals surface area contributed by atoms with Crippen LogP contribution in [0.3, 0.4) is 0 Å². The molecule has 1 aliphatic heterocycles. The molecule has 2 fully saturated rings. The van der Waals surface area contributed by atoms with Crippen LogP contribution in [0.1, 0.15) is 39.0 Å². The molecule has 0 aromatic heterocycles.